The van der Waals surface area contributed by atoms with E-state index in [1.165, 1.54) is 16.7 Å². The van der Waals surface area contributed by atoms with Gasteiger partial charge in [-0.1, -0.05) is 30.3 Å². The molecule has 2 atom stereocenters. The van der Waals surface area contributed by atoms with E-state index >= 15 is 0 Å². The molecule has 4 heterocycles. The molecule has 8 heteroatoms. The lowest BCUT2D eigenvalue weighted by molar-refractivity contribution is 0.0892. The quantitative estimate of drug-likeness (QED) is 0.396. The van der Waals surface area contributed by atoms with Crippen molar-refractivity contribution in [2.75, 3.05) is 19.7 Å². The lowest BCUT2D eigenvalue weighted by Crippen LogP contribution is -2.41. The number of piperidine rings is 1. The second-order valence-corrected chi connectivity index (χ2v) is 11.0. The normalized spacial score (nSPS) is 19.8. The molecule has 0 spiro atoms. The molecular formula is C30H36N6O2. The van der Waals surface area contributed by atoms with Gasteiger partial charge < -0.3 is 9.72 Å². The van der Waals surface area contributed by atoms with Crippen LogP contribution in [0, 0.1) is 19.8 Å². The SMILES string of the molecule is Cc1cc2cc([C@H](c3nnnn3C[C@@H]3CCCO3)N3CCC(Cc4ccccc4)CC3)c(=O)[nH]c2cc1C. The van der Waals surface area contributed by atoms with Gasteiger partial charge in [0.1, 0.15) is 6.04 Å². The fraction of sp³-hybridized carbons (Fsp3) is 0.467. The van der Waals surface area contributed by atoms with E-state index in [1.807, 2.05) is 10.7 Å². The highest BCUT2D eigenvalue weighted by Crippen LogP contribution is 2.32. The van der Waals surface area contributed by atoms with E-state index in [0.29, 0.717) is 18.0 Å². The van der Waals surface area contributed by atoms with Crippen LogP contribution in [0.2, 0.25) is 0 Å². The van der Waals surface area contributed by atoms with Crippen molar-refractivity contribution in [3.8, 4) is 0 Å². The Kier molecular flexibility index (Phi) is 7.08. The molecule has 8 nitrogen and oxygen atoms in total. The molecule has 2 saturated heterocycles. The van der Waals surface area contributed by atoms with Gasteiger partial charge in [0, 0.05) is 17.7 Å². The molecule has 2 aromatic carbocycles. The molecule has 0 radical (unpaired) electrons. The van der Waals surface area contributed by atoms with E-state index < -0.39 is 0 Å². The lowest BCUT2D eigenvalue weighted by Gasteiger charge is -2.37. The number of aryl methyl sites for hydroxylation is 2. The highest BCUT2D eigenvalue weighted by molar-refractivity contribution is 5.81. The summed E-state index contributed by atoms with van der Waals surface area (Å²) < 4.78 is 7.75. The summed E-state index contributed by atoms with van der Waals surface area (Å²) in [6, 6.07) is 16.7. The van der Waals surface area contributed by atoms with Crippen LogP contribution in [0.25, 0.3) is 10.9 Å². The summed E-state index contributed by atoms with van der Waals surface area (Å²) >= 11 is 0. The molecule has 2 aliphatic heterocycles. The average Bonchev–Trinajstić information content (AvgIpc) is 3.60. The summed E-state index contributed by atoms with van der Waals surface area (Å²) in [5.74, 6) is 1.34. The predicted octanol–water partition coefficient (Wildman–Crippen LogP) is 4.35. The topological polar surface area (TPSA) is 88.9 Å². The number of H-pyrrole nitrogens is 1. The molecule has 4 aromatic rings. The Morgan fingerprint density at radius 2 is 1.84 bits per heavy atom. The number of hydrogen-bond acceptors (Lipinski definition) is 6. The number of pyridine rings is 1. The van der Waals surface area contributed by atoms with E-state index in [9.17, 15) is 4.79 Å². The highest BCUT2D eigenvalue weighted by atomic mass is 16.5. The fourth-order valence-electron chi connectivity index (χ4n) is 6.08. The van der Waals surface area contributed by atoms with Crippen LogP contribution in [0.4, 0.5) is 0 Å². The molecule has 38 heavy (non-hydrogen) atoms. The summed E-state index contributed by atoms with van der Waals surface area (Å²) in [4.78, 5) is 19.1. The molecule has 2 aromatic heterocycles. The van der Waals surface area contributed by atoms with Crippen LogP contribution in [0.1, 0.15) is 59.8 Å². The van der Waals surface area contributed by atoms with Crippen LogP contribution in [-0.4, -0.2) is 55.9 Å². The maximum Gasteiger partial charge on any atom is 0.253 e. The first-order valence-electron chi connectivity index (χ1n) is 13.8. The van der Waals surface area contributed by atoms with Crippen molar-refractivity contribution in [3.63, 3.8) is 0 Å². The van der Waals surface area contributed by atoms with Crippen LogP contribution in [0.5, 0.6) is 0 Å². The number of fused-ring (bicyclic) bond motifs is 1. The predicted molar refractivity (Wildman–Crippen MR) is 147 cm³/mol. The standard InChI is InChI=1S/C30H36N6O2/c1-20-15-24-18-26(30(37)31-27(24)16-21(20)2)28(29-32-33-34-36(29)19-25-9-6-14-38-25)35-12-10-23(11-13-35)17-22-7-4-3-5-8-22/h3-5,7-8,15-16,18,23,25,28H,6,9-14,17,19H2,1-2H3,(H,31,37)/t25-,28+/m0/s1. The van der Waals surface area contributed by atoms with E-state index in [4.69, 9.17) is 4.74 Å². The van der Waals surface area contributed by atoms with Crippen LogP contribution >= 0.6 is 0 Å². The summed E-state index contributed by atoms with van der Waals surface area (Å²) in [5.41, 5.74) is 5.24. The minimum Gasteiger partial charge on any atom is -0.376 e. The second kappa shape index (κ2) is 10.8. The third-order valence-corrected chi connectivity index (χ3v) is 8.37. The lowest BCUT2D eigenvalue weighted by atomic mass is 9.89. The number of nitrogens with zero attached hydrogens (tertiary/aromatic N) is 5. The number of hydrogen-bond donors (Lipinski definition) is 1. The van der Waals surface area contributed by atoms with Gasteiger partial charge in [-0.05, 0) is 116 Å². The van der Waals surface area contributed by atoms with Gasteiger partial charge >= 0.3 is 0 Å². The van der Waals surface area contributed by atoms with E-state index in [1.54, 1.807) is 0 Å². The second-order valence-electron chi connectivity index (χ2n) is 11.0. The largest absolute Gasteiger partial charge is 0.376 e. The van der Waals surface area contributed by atoms with Crippen LogP contribution in [0.3, 0.4) is 0 Å². The fourth-order valence-corrected chi connectivity index (χ4v) is 6.08. The van der Waals surface area contributed by atoms with Gasteiger partial charge in [0.2, 0.25) is 0 Å². The highest BCUT2D eigenvalue weighted by Gasteiger charge is 2.34. The summed E-state index contributed by atoms with van der Waals surface area (Å²) in [5, 5.41) is 13.9. The minimum absolute atomic E-state index is 0.0798. The Labute approximate surface area is 223 Å². The first-order chi connectivity index (χ1) is 18.5. The molecule has 0 saturated carbocycles. The number of aromatic amines is 1. The Hall–Kier alpha value is -3.36. The number of tetrazole rings is 1. The maximum absolute atomic E-state index is 13.6. The first-order valence-corrected chi connectivity index (χ1v) is 13.8. The maximum atomic E-state index is 13.6. The zero-order valence-electron chi connectivity index (χ0n) is 22.3. The van der Waals surface area contributed by atoms with Crippen molar-refractivity contribution in [3.05, 3.63) is 87.0 Å². The first kappa shape index (κ1) is 24.9. The Morgan fingerprint density at radius 1 is 1.05 bits per heavy atom. The zero-order valence-corrected chi connectivity index (χ0v) is 22.3. The van der Waals surface area contributed by atoms with Gasteiger partial charge in [0.05, 0.1) is 12.6 Å². The van der Waals surface area contributed by atoms with Gasteiger partial charge in [-0.3, -0.25) is 9.69 Å². The summed E-state index contributed by atoms with van der Waals surface area (Å²) in [6.45, 7) is 7.34. The number of aromatic nitrogens is 5. The van der Waals surface area contributed by atoms with Crippen LogP contribution in [0.15, 0.2) is 53.3 Å². The molecule has 2 fully saturated rings. The minimum atomic E-state index is -0.321. The van der Waals surface area contributed by atoms with Crippen molar-refractivity contribution in [1.82, 2.24) is 30.1 Å². The van der Waals surface area contributed by atoms with E-state index in [-0.39, 0.29) is 17.7 Å². The molecule has 0 amide bonds. The van der Waals surface area contributed by atoms with Gasteiger partial charge in [-0.2, -0.15) is 0 Å². The number of benzene rings is 2. The number of ether oxygens (including phenoxy) is 1. The molecule has 1 N–H and O–H groups in total. The summed E-state index contributed by atoms with van der Waals surface area (Å²) in [6.07, 6.45) is 5.40. The van der Waals surface area contributed by atoms with Crippen molar-refractivity contribution < 1.29 is 4.74 Å². The monoisotopic (exact) mass is 512 g/mol. The van der Waals surface area contributed by atoms with Crippen molar-refractivity contribution in [2.24, 2.45) is 5.92 Å². The van der Waals surface area contributed by atoms with Crippen molar-refractivity contribution >= 4 is 10.9 Å². The van der Waals surface area contributed by atoms with Crippen molar-refractivity contribution in [1.29, 1.82) is 0 Å². The zero-order chi connectivity index (χ0) is 26.1. The van der Waals surface area contributed by atoms with Crippen LogP contribution < -0.4 is 5.56 Å². The Morgan fingerprint density at radius 3 is 2.61 bits per heavy atom. The number of nitrogens with one attached hydrogen (secondary N) is 1. The van der Waals surface area contributed by atoms with Crippen molar-refractivity contribution in [2.45, 2.75) is 64.6 Å². The molecule has 0 unspecified atom stereocenters. The van der Waals surface area contributed by atoms with Gasteiger partial charge in [0.15, 0.2) is 5.82 Å². The average molecular weight is 513 g/mol. The van der Waals surface area contributed by atoms with Gasteiger partial charge in [-0.15, -0.1) is 5.10 Å². The Bertz CT molecular complexity index is 1450. The van der Waals surface area contributed by atoms with Gasteiger partial charge in [-0.25, -0.2) is 4.68 Å². The van der Waals surface area contributed by atoms with E-state index in [2.05, 4.69) is 81.7 Å². The number of rotatable bonds is 7. The molecule has 0 bridgehead atoms. The molecule has 6 rings (SSSR count). The molecule has 198 valence electrons. The smallest absolute Gasteiger partial charge is 0.253 e. The molecule has 0 aliphatic carbocycles. The Balaban J connectivity index is 1.34. The van der Waals surface area contributed by atoms with Crippen LogP contribution in [-0.2, 0) is 17.7 Å². The van der Waals surface area contributed by atoms with Gasteiger partial charge in [0.25, 0.3) is 5.56 Å². The third-order valence-electron chi connectivity index (χ3n) is 8.37. The summed E-state index contributed by atoms with van der Waals surface area (Å²) in [7, 11) is 0. The molecule has 2 aliphatic rings. The molecular weight excluding hydrogens is 476 g/mol. The number of likely N-dealkylation sites (tertiary alicyclic amines) is 1. The van der Waals surface area contributed by atoms with E-state index in [0.717, 1.165) is 68.5 Å². The third kappa shape index (κ3) is 5.15.